The molecule has 0 bridgehead atoms. The lowest BCUT2D eigenvalue weighted by molar-refractivity contribution is -0.121. The number of benzene rings is 1. The second-order valence-corrected chi connectivity index (χ2v) is 5.21. The van der Waals surface area contributed by atoms with Crippen LogP contribution in [0.3, 0.4) is 0 Å². The molecule has 104 valence electrons. The Labute approximate surface area is 121 Å². The number of rotatable bonds is 6. The van der Waals surface area contributed by atoms with Crippen molar-refractivity contribution in [2.75, 3.05) is 13.1 Å². The van der Waals surface area contributed by atoms with Crippen molar-refractivity contribution < 1.29 is 9.59 Å². The first-order chi connectivity index (χ1) is 8.99. The molecule has 1 aromatic carbocycles. The van der Waals surface area contributed by atoms with Crippen molar-refractivity contribution in [3.63, 3.8) is 0 Å². The lowest BCUT2D eigenvalue weighted by Crippen LogP contribution is -2.36. The van der Waals surface area contributed by atoms with Crippen molar-refractivity contribution in [2.45, 2.75) is 19.4 Å². The summed E-state index contributed by atoms with van der Waals surface area (Å²) in [6, 6.07) is 6.92. The fourth-order valence-electron chi connectivity index (χ4n) is 1.45. The largest absolute Gasteiger partial charge is 0.354 e. The van der Waals surface area contributed by atoms with E-state index in [-0.39, 0.29) is 17.9 Å². The number of nitrogens with two attached hydrogens (primary N) is 1. The number of hydrogen-bond donors (Lipinski definition) is 3. The van der Waals surface area contributed by atoms with Gasteiger partial charge in [0.2, 0.25) is 5.91 Å². The van der Waals surface area contributed by atoms with Gasteiger partial charge in [0.1, 0.15) is 0 Å². The molecule has 0 radical (unpaired) electrons. The predicted octanol–water partition coefficient (Wildman–Crippen LogP) is 1.03. The molecule has 19 heavy (non-hydrogen) atoms. The molecule has 0 fully saturated rings. The van der Waals surface area contributed by atoms with E-state index in [1.807, 2.05) is 0 Å². The minimum Gasteiger partial charge on any atom is -0.354 e. The Kier molecular flexibility index (Phi) is 6.52. The molecule has 0 aliphatic rings. The molecule has 1 aromatic rings. The van der Waals surface area contributed by atoms with Crippen molar-refractivity contribution in [3.05, 3.63) is 34.3 Å². The molecule has 0 aliphatic heterocycles. The Morgan fingerprint density at radius 3 is 2.37 bits per heavy atom. The molecular weight excluding hydrogens is 310 g/mol. The third-order valence-electron chi connectivity index (χ3n) is 2.35. The van der Waals surface area contributed by atoms with Crippen LogP contribution in [0.5, 0.6) is 0 Å². The fourth-order valence-corrected chi connectivity index (χ4v) is 1.71. The van der Waals surface area contributed by atoms with Crippen LogP contribution in [0.1, 0.15) is 23.7 Å². The van der Waals surface area contributed by atoms with Crippen LogP contribution in [0.4, 0.5) is 0 Å². The van der Waals surface area contributed by atoms with Gasteiger partial charge < -0.3 is 16.4 Å². The van der Waals surface area contributed by atoms with Crippen molar-refractivity contribution in [3.8, 4) is 0 Å². The van der Waals surface area contributed by atoms with E-state index >= 15 is 0 Å². The summed E-state index contributed by atoms with van der Waals surface area (Å²) in [5.74, 6) is -0.262. The number of nitrogens with one attached hydrogen (secondary N) is 2. The minimum absolute atomic E-state index is 0.104. The van der Waals surface area contributed by atoms with Crippen LogP contribution in [0, 0.1) is 0 Å². The second-order valence-electron chi connectivity index (χ2n) is 4.29. The predicted molar refractivity (Wildman–Crippen MR) is 77.8 cm³/mol. The van der Waals surface area contributed by atoms with Gasteiger partial charge in [-0.25, -0.2) is 0 Å². The monoisotopic (exact) mass is 327 g/mol. The maximum Gasteiger partial charge on any atom is 0.251 e. The molecule has 0 aromatic heterocycles. The highest BCUT2D eigenvalue weighted by atomic mass is 79.9. The van der Waals surface area contributed by atoms with E-state index in [1.54, 1.807) is 31.2 Å². The normalized spacial score (nSPS) is 11.7. The maximum atomic E-state index is 11.7. The van der Waals surface area contributed by atoms with Crippen LogP contribution >= 0.6 is 15.9 Å². The summed E-state index contributed by atoms with van der Waals surface area (Å²) >= 11 is 3.30. The summed E-state index contributed by atoms with van der Waals surface area (Å²) in [5.41, 5.74) is 6.09. The number of carbonyl (C=O) groups excluding carboxylic acids is 2. The second kappa shape index (κ2) is 7.91. The quantitative estimate of drug-likeness (QED) is 0.682. The molecule has 0 heterocycles. The average Bonchev–Trinajstić information content (AvgIpc) is 2.34. The highest BCUT2D eigenvalue weighted by Gasteiger charge is 2.06. The van der Waals surface area contributed by atoms with Crippen LogP contribution in [0.2, 0.25) is 0 Å². The summed E-state index contributed by atoms with van der Waals surface area (Å²) in [6.45, 7) is 2.56. The Hall–Kier alpha value is -1.40. The zero-order chi connectivity index (χ0) is 14.3. The molecule has 1 rings (SSSR count). The topological polar surface area (TPSA) is 84.2 Å². The van der Waals surface area contributed by atoms with E-state index < -0.39 is 0 Å². The summed E-state index contributed by atoms with van der Waals surface area (Å²) < 4.78 is 0.923. The SMILES string of the molecule is CC(N)CC(=O)NCCNC(=O)c1ccc(Br)cc1. The standard InChI is InChI=1S/C13H18BrN3O2/c1-9(15)8-12(18)16-6-7-17-13(19)10-2-4-11(14)5-3-10/h2-5,9H,6-8,15H2,1H3,(H,16,18)(H,17,19). The highest BCUT2D eigenvalue weighted by molar-refractivity contribution is 9.10. The Morgan fingerprint density at radius 1 is 1.21 bits per heavy atom. The number of amides is 2. The van der Waals surface area contributed by atoms with Crippen LogP contribution in [-0.2, 0) is 4.79 Å². The molecule has 0 saturated heterocycles. The average molecular weight is 328 g/mol. The zero-order valence-electron chi connectivity index (χ0n) is 10.8. The number of halogens is 1. The lowest BCUT2D eigenvalue weighted by Gasteiger charge is -2.08. The van der Waals surface area contributed by atoms with Gasteiger partial charge >= 0.3 is 0 Å². The summed E-state index contributed by atoms with van der Waals surface area (Å²) in [5, 5.41) is 5.42. The Bertz CT molecular complexity index is 432. The van der Waals surface area contributed by atoms with Crippen LogP contribution in [0.15, 0.2) is 28.7 Å². The fraction of sp³-hybridized carbons (Fsp3) is 0.385. The number of hydrogen-bond acceptors (Lipinski definition) is 3. The first kappa shape index (κ1) is 15.7. The van der Waals surface area contributed by atoms with Gasteiger partial charge in [0, 0.05) is 35.6 Å². The van der Waals surface area contributed by atoms with Gasteiger partial charge in [-0.15, -0.1) is 0 Å². The number of carbonyl (C=O) groups is 2. The van der Waals surface area contributed by atoms with Crippen molar-refractivity contribution in [1.29, 1.82) is 0 Å². The van der Waals surface area contributed by atoms with Crippen molar-refractivity contribution in [2.24, 2.45) is 5.73 Å². The summed E-state index contributed by atoms with van der Waals surface area (Å²) in [7, 11) is 0. The third kappa shape index (κ3) is 6.35. The first-order valence-electron chi connectivity index (χ1n) is 6.05. The Morgan fingerprint density at radius 2 is 1.79 bits per heavy atom. The third-order valence-corrected chi connectivity index (χ3v) is 2.88. The summed E-state index contributed by atoms with van der Waals surface area (Å²) in [4.78, 5) is 23.0. The van der Waals surface area contributed by atoms with Gasteiger partial charge in [0.25, 0.3) is 5.91 Å². The van der Waals surface area contributed by atoms with Crippen LogP contribution in [-0.4, -0.2) is 30.9 Å². The molecule has 4 N–H and O–H groups in total. The molecule has 2 amide bonds. The van der Waals surface area contributed by atoms with Gasteiger partial charge in [-0.2, -0.15) is 0 Å². The van der Waals surface area contributed by atoms with Crippen molar-refractivity contribution in [1.82, 2.24) is 10.6 Å². The molecular formula is C13H18BrN3O2. The van der Waals surface area contributed by atoms with E-state index in [0.717, 1.165) is 4.47 Å². The van der Waals surface area contributed by atoms with E-state index in [2.05, 4.69) is 26.6 Å². The molecule has 1 atom stereocenters. The van der Waals surface area contributed by atoms with E-state index in [0.29, 0.717) is 25.1 Å². The molecule has 0 aliphatic carbocycles. The molecule has 0 saturated carbocycles. The first-order valence-corrected chi connectivity index (χ1v) is 6.84. The lowest BCUT2D eigenvalue weighted by atomic mass is 10.2. The zero-order valence-corrected chi connectivity index (χ0v) is 12.4. The van der Waals surface area contributed by atoms with E-state index in [9.17, 15) is 9.59 Å². The molecule has 0 spiro atoms. The smallest absolute Gasteiger partial charge is 0.251 e. The summed E-state index contributed by atoms with van der Waals surface area (Å²) in [6.07, 6.45) is 0.292. The van der Waals surface area contributed by atoms with Gasteiger partial charge in [-0.3, -0.25) is 9.59 Å². The molecule has 5 nitrogen and oxygen atoms in total. The molecule has 6 heteroatoms. The van der Waals surface area contributed by atoms with Gasteiger partial charge in [-0.05, 0) is 31.2 Å². The van der Waals surface area contributed by atoms with Crippen LogP contribution < -0.4 is 16.4 Å². The van der Waals surface area contributed by atoms with E-state index in [1.165, 1.54) is 0 Å². The van der Waals surface area contributed by atoms with Gasteiger partial charge in [-0.1, -0.05) is 15.9 Å². The van der Waals surface area contributed by atoms with Gasteiger partial charge in [0.15, 0.2) is 0 Å². The minimum atomic E-state index is -0.158. The van der Waals surface area contributed by atoms with E-state index in [4.69, 9.17) is 5.73 Å². The maximum absolute atomic E-state index is 11.7. The van der Waals surface area contributed by atoms with Gasteiger partial charge in [0.05, 0.1) is 0 Å². The van der Waals surface area contributed by atoms with Crippen molar-refractivity contribution >= 4 is 27.7 Å². The Balaban J connectivity index is 2.24. The molecule has 1 unspecified atom stereocenters. The van der Waals surface area contributed by atoms with Crippen LogP contribution in [0.25, 0.3) is 0 Å². The highest BCUT2D eigenvalue weighted by Crippen LogP contribution is 2.10.